The predicted octanol–water partition coefficient (Wildman–Crippen LogP) is 3.97. The first kappa shape index (κ1) is 14.0. The molecule has 0 fully saturated rings. The van der Waals surface area contributed by atoms with E-state index in [4.69, 9.17) is 16.9 Å². The van der Waals surface area contributed by atoms with Crippen LogP contribution in [0.1, 0.15) is 35.7 Å². The number of rotatable bonds is 2. The molecule has 5 nitrogen and oxygen atoms in total. The fraction of sp³-hybridized carbons (Fsp3) is 0.235. The average molecular weight is 324 g/mol. The number of nitrogens with one attached hydrogen (secondary N) is 2. The van der Waals surface area contributed by atoms with Gasteiger partial charge in [-0.2, -0.15) is 10.4 Å². The maximum atomic E-state index is 9.02. The van der Waals surface area contributed by atoms with Crippen molar-refractivity contribution in [2.24, 2.45) is 0 Å². The van der Waals surface area contributed by atoms with Gasteiger partial charge in [-0.15, -0.1) is 0 Å². The maximum absolute atomic E-state index is 9.02. The molecule has 0 bridgehead atoms. The number of benzene rings is 1. The molecule has 6 heteroatoms. The van der Waals surface area contributed by atoms with Gasteiger partial charge in [0.15, 0.2) is 0 Å². The highest BCUT2D eigenvalue weighted by Crippen LogP contribution is 2.32. The molecule has 2 heterocycles. The number of H-pyrrole nitrogens is 1. The molecule has 1 aromatic carbocycles. The molecular formula is C17H14ClN5. The molecule has 0 spiro atoms. The van der Waals surface area contributed by atoms with Crippen LogP contribution in [0.2, 0.25) is 5.15 Å². The van der Waals surface area contributed by atoms with Crippen molar-refractivity contribution in [3.63, 3.8) is 0 Å². The number of aromatic amines is 1. The number of pyridine rings is 1. The maximum Gasteiger partial charge on any atom is 0.132 e. The van der Waals surface area contributed by atoms with Crippen LogP contribution < -0.4 is 5.32 Å². The third-order valence-corrected chi connectivity index (χ3v) is 4.54. The van der Waals surface area contributed by atoms with Crippen molar-refractivity contribution in [1.29, 1.82) is 5.26 Å². The number of aromatic nitrogens is 3. The molecule has 3 aromatic rings. The molecule has 114 valence electrons. The van der Waals surface area contributed by atoms with E-state index in [1.807, 2.05) is 24.3 Å². The Labute approximate surface area is 138 Å². The summed E-state index contributed by atoms with van der Waals surface area (Å²) in [6.45, 7) is 0. The summed E-state index contributed by atoms with van der Waals surface area (Å²) < 4.78 is 0. The minimum Gasteiger partial charge on any atom is -0.377 e. The molecule has 0 aliphatic heterocycles. The molecule has 0 saturated carbocycles. The van der Waals surface area contributed by atoms with E-state index in [1.165, 1.54) is 0 Å². The van der Waals surface area contributed by atoms with Gasteiger partial charge in [0.2, 0.25) is 0 Å². The van der Waals surface area contributed by atoms with E-state index in [0.29, 0.717) is 10.7 Å². The van der Waals surface area contributed by atoms with Crippen LogP contribution >= 0.6 is 11.6 Å². The van der Waals surface area contributed by atoms with Gasteiger partial charge in [-0.25, -0.2) is 0 Å². The number of aryl methyl sites for hydroxylation is 1. The van der Waals surface area contributed by atoms with E-state index >= 15 is 0 Å². The molecule has 1 unspecified atom stereocenters. The van der Waals surface area contributed by atoms with Gasteiger partial charge < -0.3 is 5.32 Å². The van der Waals surface area contributed by atoms with Crippen molar-refractivity contribution in [3.8, 4) is 6.07 Å². The summed E-state index contributed by atoms with van der Waals surface area (Å²) in [6, 6.07) is 10.2. The highest BCUT2D eigenvalue weighted by molar-refractivity contribution is 6.34. The van der Waals surface area contributed by atoms with Gasteiger partial charge in [-0.3, -0.25) is 10.1 Å². The lowest BCUT2D eigenvalue weighted by Gasteiger charge is -2.26. The topological polar surface area (TPSA) is 77.4 Å². The number of fused-ring (bicyclic) bond motifs is 2. The van der Waals surface area contributed by atoms with Crippen LogP contribution in [-0.4, -0.2) is 15.2 Å². The van der Waals surface area contributed by atoms with Crippen molar-refractivity contribution < 1.29 is 0 Å². The number of halogens is 1. The van der Waals surface area contributed by atoms with Crippen LogP contribution in [0.25, 0.3) is 10.9 Å². The second kappa shape index (κ2) is 5.56. The summed E-state index contributed by atoms with van der Waals surface area (Å²) in [7, 11) is 0. The standard InChI is InChI=1S/C17H14ClN5/c18-17-13-7-12(4-5-14(13)22-23-17)21-15-3-1-2-11-6-10(8-19)9-20-16(11)15/h4-7,9,15,21H,1-3H2,(H,22,23). The Balaban J connectivity index is 1.66. The van der Waals surface area contributed by atoms with Gasteiger partial charge in [0.1, 0.15) is 11.2 Å². The van der Waals surface area contributed by atoms with E-state index < -0.39 is 0 Å². The highest BCUT2D eigenvalue weighted by Gasteiger charge is 2.22. The third kappa shape index (κ3) is 2.51. The van der Waals surface area contributed by atoms with Gasteiger partial charge in [0.05, 0.1) is 22.8 Å². The largest absolute Gasteiger partial charge is 0.377 e. The molecule has 1 aliphatic rings. The lowest BCUT2D eigenvalue weighted by atomic mass is 9.91. The Bertz CT molecular complexity index is 924. The zero-order valence-corrected chi connectivity index (χ0v) is 13.1. The number of hydrogen-bond acceptors (Lipinski definition) is 4. The van der Waals surface area contributed by atoms with Crippen LogP contribution in [0, 0.1) is 11.3 Å². The van der Waals surface area contributed by atoms with Crippen molar-refractivity contribution in [2.75, 3.05) is 5.32 Å². The van der Waals surface area contributed by atoms with Crippen molar-refractivity contribution >= 4 is 28.2 Å². The first-order valence-electron chi connectivity index (χ1n) is 7.53. The van der Waals surface area contributed by atoms with E-state index in [0.717, 1.165) is 47.1 Å². The Morgan fingerprint density at radius 1 is 1.35 bits per heavy atom. The molecule has 4 rings (SSSR count). The molecule has 0 amide bonds. The second-order valence-electron chi connectivity index (χ2n) is 5.74. The predicted molar refractivity (Wildman–Crippen MR) is 89.4 cm³/mol. The number of nitriles is 1. The minimum absolute atomic E-state index is 0.148. The lowest BCUT2D eigenvalue weighted by Crippen LogP contribution is -2.19. The molecule has 2 N–H and O–H groups in total. The zero-order valence-electron chi connectivity index (χ0n) is 12.3. The SMILES string of the molecule is N#Cc1cnc2c(c1)CCCC2Nc1ccc2n[nH]c(Cl)c2c1. The molecule has 2 aromatic heterocycles. The first-order chi connectivity index (χ1) is 11.2. The molecular weight excluding hydrogens is 310 g/mol. The van der Waals surface area contributed by atoms with Gasteiger partial charge in [0, 0.05) is 17.3 Å². The third-order valence-electron chi connectivity index (χ3n) is 4.25. The monoisotopic (exact) mass is 323 g/mol. The van der Waals surface area contributed by atoms with E-state index in [-0.39, 0.29) is 6.04 Å². The van der Waals surface area contributed by atoms with Crippen LogP contribution in [0.5, 0.6) is 0 Å². The van der Waals surface area contributed by atoms with Crippen LogP contribution in [-0.2, 0) is 6.42 Å². The van der Waals surface area contributed by atoms with Crippen molar-refractivity contribution in [1.82, 2.24) is 15.2 Å². The fourth-order valence-electron chi connectivity index (χ4n) is 3.14. The lowest BCUT2D eigenvalue weighted by molar-refractivity contribution is 0.583. The highest BCUT2D eigenvalue weighted by atomic mass is 35.5. The molecule has 0 saturated heterocycles. The molecule has 0 radical (unpaired) electrons. The zero-order chi connectivity index (χ0) is 15.8. The van der Waals surface area contributed by atoms with Crippen molar-refractivity contribution in [3.05, 3.63) is 52.4 Å². The smallest absolute Gasteiger partial charge is 0.132 e. The van der Waals surface area contributed by atoms with Crippen LogP contribution in [0.15, 0.2) is 30.5 Å². The van der Waals surface area contributed by atoms with Gasteiger partial charge in [-0.1, -0.05) is 11.6 Å². The molecule has 1 aliphatic carbocycles. The molecule has 1 atom stereocenters. The summed E-state index contributed by atoms with van der Waals surface area (Å²) in [5, 5.41) is 20.9. The summed E-state index contributed by atoms with van der Waals surface area (Å²) in [6.07, 6.45) is 4.72. The van der Waals surface area contributed by atoms with Gasteiger partial charge in [-0.05, 0) is 49.1 Å². The summed E-state index contributed by atoms with van der Waals surface area (Å²) in [4.78, 5) is 4.51. The van der Waals surface area contributed by atoms with E-state index in [9.17, 15) is 0 Å². The molecule has 23 heavy (non-hydrogen) atoms. The quantitative estimate of drug-likeness (QED) is 0.748. The van der Waals surface area contributed by atoms with E-state index in [2.05, 4.69) is 26.6 Å². The summed E-state index contributed by atoms with van der Waals surface area (Å²) in [5.41, 5.74) is 4.66. The average Bonchev–Trinajstić information content (AvgIpc) is 2.95. The Hall–Kier alpha value is -2.58. The number of anilines is 1. The minimum atomic E-state index is 0.148. The Kier molecular flexibility index (Phi) is 3.40. The fourth-order valence-corrected chi connectivity index (χ4v) is 3.33. The first-order valence-corrected chi connectivity index (χ1v) is 7.91. The normalized spacial score (nSPS) is 16.8. The van der Waals surface area contributed by atoms with E-state index in [1.54, 1.807) is 6.20 Å². The Morgan fingerprint density at radius 3 is 3.13 bits per heavy atom. The van der Waals surface area contributed by atoms with Gasteiger partial charge in [0.25, 0.3) is 0 Å². The van der Waals surface area contributed by atoms with Crippen LogP contribution in [0.3, 0.4) is 0 Å². The second-order valence-corrected chi connectivity index (χ2v) is 6.12. The Morgan fingerprint density at radius 2 is 2.26 bits per heavy atom. The number of nitrogens with zero attached hydrogens (tertiary/aromatic N) is 3. The van der Waals surface area contributed by atoms with Crippen LogP contribution in [0.4, 0.5) is 5.69 Å². The summed E-state index contributed by atoms with van der Waals surface area (Å²) >= 11 is 6.11. The summed E-state index contributed by atoms with van der Waals surface area (Å²) in [5.74, 6) is 0. The van der Waals surface area contributed by atoms with Crippen molar-refractivity contribution in [2.45, 2.75) is 25.3 Å². The van der Waals surface area contributed by atoms with Gasteiger partial charge >= 0.3 is 0 Å². The number of hydrogen-bond donors (Lipinski definition) is 2.